The summed E-state index contributed by atoms with van der Waals surface area (Å²) in [6.45, 7) is 2.29. The van der Waals surface area contributed by atoms with Crippen LogP contribution in [-0.4, -0.2) is 50.4 Å². The van der Waals surface area contributed by atoms with E-state index in [-0.39, 0.29) is 11.9 Å². The molecule has 0 radical (unpaired) electrons. The fourth-order valence-corrected chi connectivity index (χ4v) is 5.09. The van der Waals surface area contributed by atoms with Crippen molar-refractivity contribution in [1.29, 1.82) is 0 Å². The van der Waals surface area contributed by atoms with E-state index in [1.54, 1.807) is 48.4 Å². The highest BCUT2D eigenvalue weighted by molar-refractivity contribution is 7.90. The number of sulfone groups is 1. The Morgan fingerprint density at radius 2 is 2.03 bits per heavy atom. The van der Waals surface area contributed by atoms with Gasteiger partial charge in [-0.25, -0.2) is 13.3 Å². The van der Waals surface area contributed by atoms with Crippen molar-refractivity contribution in [1.82, 2.24) is 4.90 Å². The lowest BCUT2D eigenvalue weighted by Crippen LogP contribution is -2.41. The van der Waals surface area contributed by atoms with E-state index in [9.17, 15) is 13.5 Å². The molecule has 4 atom stereocenters. The van der Waals surface area contributed by atoms with Gasteiger partial charge in [0.25, 0.3) is 0 Å². The van der Waals surface area contributed by atoms with Gasteiger partial charge in [0.05, 0.1) is 25.5 Å². The van der Waals surface area contributed by atoms with Gasteiger partial charge in [0, 0.05) is 23.1 Å². The second-order valence-corrected chi connectivity index (χ2v) is 9.75. The standard InChI is InChI=1S/C21H26N2O6S/c1-4-28-17-10-12(8-9-16(17)27-2)15(11-30(3,25)26)23-20(24)13-6-5-7-14(22)18(13)19-21(23)29-19/h5-10,15,19-21,24H,4,11,22H2,1-3H3/t15-,19?,20?,21?/m1/s1. The highest BCUT2D eigenvalue weighted by Crippen LogP contribution is 2.55. The number of aliphatic hydroxyl groups is 1. The van der Waals surface area contributed by atoms with Gasteiger partial charge in [-0.15, -0.1) is 0 Å². The van der Waals surface area contributed by atoms with Crippen LogP contribution < -0.4 is 15.2 Å². The summed E-state index contributed by atoms with van der Waals surface area (Å²) in [5.74, 6) is 0.878. The molecule has 0 aliphatic carbocycles. The van der Waals surface area contributed by atoms with E-state index in [1.807, 2.05) is 6.92 Å². The van der Waals surface area contributed by atoms with Gasteiger partial charge in [-0.05, 0) is 30.7 Å². The summed E-state index contributed by atoms with van der Waals surface area (Å²) in [4.78, 5) is 1.70. The number of benzene rings is 2. The number of hydrogen-bond acceptors (Lipinski definition) is 8. The first-order valence-corrected chi connectivity index (χ1v) is 11.8. The normalized spacial score (nSPS) is 23.9. The molecule has 3 unspecified atom stereocenters. The Balaban J connectivity index is 1.79. The van der Waals surface area contributed by atoms with Gasteiger partial charge in [0.2, 0.25) is 0 Å². The molecule has 0 saturated carbocycles. The van der Waals surface area contributed by atoms with Crippen molar-refractivity contribution in [2.24, 2.45) is 0 Å². The molecule has 4 rings (SSSR count). The van der Waals surface area contributed by atoms with Crippen molar-refractivity contribution in [3.63, 3.8) is 0 Å². The third-order valence-corrected chi connectivity index (χ3v) is 6.39. The molecule has 2 aliphatic heterocycles. The molecule has 162 valence electrons. The maximum atomic E-state index is 12.3. The van der Waals surface area contributed by atoms with Crippen LogP contribution in [0, 0.1) is 0 Å². The Hall–Kier alpha value is -2.33. The van der Waals surface area contributed by atoms with Crippen LogP contribution in [-0.2, 0) is 14.6 Å². The molecule has 0 aromatic heterocycles. The van der Waals surface area contributed by atoms with Crippen LogP contribution in [0.1, 0.15) is 42.0 Å². The molecule has 30 heavy (non-hydrogen) atoms. The molecule has 1 saturated heterocycles. The zero-order valence-corrected chi connectivity index (χ0v) is 17.9. The van der Waals surface area contributed by atoms with Gasteiger partial charge in [-0.1, -0.05) is 18.2 Å². The van der Waals surface area contributed by atoms with Crippen LogP contribution >= 0.6 is 0 Å². The molecule has 2 aromatic carbocycles. The highest BCUT2D eigenvalue weighted by Gasteiger charge is 2.56. The summed E-state index contributed by atoms with van der Waals surface area (Å²) in [6.07, 6.45) is -0.630. The van der Waals surface area contributed by atoms with E-state index in [4.69, 9.17) is 19.9 Å². The molecule has 8 nitrogen and oxygen atoms in total. The molecule has 3 N–H and O–H groups in total. The Labute approximate surface area is 176 Å². The molecule has 0 bridgehead atoms. The maximum Gasteiger partial charge on any atom is 0.161 e. The molecule has 1 fully saturated rings. The van der Waals surface area contributed by atoms with E-state index in [2.05, 4.69) is 0 Å². The number of fused-ring (bicyclic) bond motifs is 3. The predicted molar refractivity (Wildman–Crippen MR) is 112 cm³/mol. The quantitative estimate of drug-likeness (QED) is 0.503. The third-order valence-electron chi connectivity index (χ3n) is 5.47. The van der Waals surface area contributed by atoms with Crippen molar-refractivity contribution in [3.8, 4) is 11.5 Å². The molecule has 2 aliphatic rings. The van der Waals surface area contributed by atoms with Crippen molar-refractivity contribution in [2.75, 3.05) is 31.5 Å². The largest absolute Gasteiger partial charge is 0.493 e. The van der Waals surface area contributed by atoms with Gasteiger partial charge < -0.3 is 25.1 Å². The molecule has 2 aromatic rings. The smallest absolute Gasteiger partial charge is 0.161 e. The lowest BCUT2D eigenvalue weighted by molar-refractivity contribution is -0.0546. The van der Waals surface area contributed by atoms with Crippen molar-refractivity contribution in [3.05, 3.63) is 53.1 Å². The summed E-state index contributed by atoms with van der Waals surface area (Å²) in [7, 11) is -1.84. The summed E-state index contributed by atoms with van der Waals surface area (Å²) in [6, 6.07) is 9.97. The van der Waals surface area contributed by atoms with Gasteiger partial charge in [-0.2, -0.15) is 0 Å². The summed E-state index contributed by atoms with van der Waals surface area (Å²) >= 11 is 0. The average Bonchev–Trinajstić information content (AvgIpc) is 3.47. The summed E-state index contributed by atoms with van der Waals surface area (Å²) in [5.41, 5.74) is 8.75. The van der Waals surface area contributed by atoms with Crippen LogP contribution in [0.15, 0.2) is 36.4 Å². The SMILES string of the molecule is CCOc1cc([C@@H](CS(C)(=O)=O)N2C(O)c3cccc(N)c3C3OC32)ccc1OC. The summed E-state index contributed by atoms with van der Waals surface area (Å²) < 4.78 is 41.4. The first-order valence-electron chi connectivity index (χ1n) is 9.73. The zero-order chi connectivity index (χ0) is 21.6. The van der Waals surface area contributed by atoms with Gasteiger partial charge in [-0.3, -0.25) is 0 Å². The first kappa shape index (κ1) is 20.9. The number of rotatable bonds is 7. The van der Waals surface area contributed by atoms with E-state index in [0.29, 0.717) is 34.9 Å². The third kappa shape index (κ3) is 3.74. The monoisotopic (exact) mass is 434 g/mol. The van der Waals surface area contributed by atoms with Crippen LogP contribution in [0.3, 0.4) is 0 Å². The minimum atomic E-state index is -3.38. The van der Waals surface area contributed by atoms with Crippen molar-refractivity contribution >= 4 is 15.5 Å². The number of hydrogen-bond donors (Lipinski definition) is 2. The minimum Gasteiger partial charge on any atom is -0.493 e. The first-order chi connectivity index (χ1) is 14.2. The van der Waals surface area contributed by atoms with E-state index < -0.39 is 28.3 Å². The number of nitrogens with zero attached hydrogens (tertiary/aromatic N) is 1. The Morgan fingerprint density at radius 3 is 2.70 bits per heavy atom. The molecule has 0 amide bonds. The Kier molecular flexibility index (Phi) is 5.39. The fraction of sp³-hybridized carbons (Fsp3) is 0.429. The van der Waals surface area contributed by atoms with E-state index in [1.165, 1.54) is 6.26 Å². The fourth-order valence-electron chi connectivity index (χ4n) is 4.16. The molecule has 2 heterocycles. The number of nitrogen functional groups attached to an aromatic ring is 1. The van der Waals surface area contributed by atoms with Crippen LogP contribution in [0.2, 0.25) is 0 Å². The van der Waals surface area contributed by atoms with E-state index in [0.717, 1.165) is 5.56 Å². The lowest BCUT2D eigenvalue weighted by Gasteiger charge is -2.37. The lowest BCUT2D eigenvalue weighted by atomic mass is 9.94. The maximum absolute atomic E-state index is 12.3. The van der Waals surface area contributed by atoms with Crippen LogP contribution in [0.5, 0.6) is 11.5 Å². The van der Waals surface area contributed by atoms with Crippen LogP contribution in [0.4, 0.5) is 5.69 Å². The Morgan fingerprint density at radius 1 is 1.27 bits per heavy atom. The van der Waals surface area contributed by atoms with Gasteiger partial charge in [0.1, 0.15) is 28.4 Å². The average molecular weight is 435 g/mol. The molecule has 0 spiro atoms. The number of ether oxygens (including phenoxy) is 3. The minimum absolute atomic E-state index is 0.188. The van der Waals surface area contributed by atoms with Crippen molar-refractivity contribution < 1.29 is 27.7 Å². The van der Waals surface area contributed by atoms with Crippen molar-refractivity contribution in [2.45, 2.75) is 31.5 Å². The topological polar surface area (TPSA) is 115 Å². The number of epoxide rings is 1. The molecular formula is C21H26N2O6S. The predicted octanol–water partition coefficient (Wildman–Crippen LogP) is 2.17. The zero-order valence-electron chi connectivity index (χ0n) is 17.1. The number of aliphatic hydroxyl groups excluding tert-OH is 1. The highest BCUT2D eigenvalue weighted by atomic mass is 32.2. The second kappa shape index (κ2) is 7.73. The van der Waals surface area contributed by atoms with Gasteiger partial charge >= 0.3 is 0 Å². The molecular weight excluding hydrogens is 408 g/mol. The summed E-state index contributed by atoms with van der Waals surface area (Å²) in [5, 5.41) is 11.2. The van der Waals surface area contributed by atoms with E-state index >= 15 is 0 Å². The number of anilines is 1. The molecule has 9 heteroatoms. The number of nitrogens with two attached hydrogens (primary N) is 1. The number of methoxy groups -OCH3 is 1. The Bertz CT molecular complexity index is 1060. The van der Waals surface area contributed by atoms with Gasteiger partial charge in [0.15, 0.2) is 11.5 Å². The second-order valence-electron chi connectivity index (χ2n) is 7.57. The van der Waals surface area contributed by atoms with Crippen LogP contribution in [0.25, 0.3) is 0 Å².